The van der Waals surface area contributed by atoms with Crippen LogP contribution >= 0.6 is 22.9 Å². The lowest BCUT2D eigenvalue weighted by molar-refractivity contribution is -0.136. The summed E-state index contributed by atoms with van der Waals surface area (Å²) in [5.41, 5.74) is 3.58. The highest BCUT2D eigenvalue weighted by atomic mass is 35.5. The summed E-state index contributed by atoms with van der Waals surface area (Å²) >= 11 is 7.65. The van der Waals surface area contributed by atoms with Crippen molar-refractivity contribution in [3.63, 3.8) is 0 Å². The summed E-state index contributed by atoms with van der Waals surface area (Å²) in [7, 11) is 0. The van der Waals surface area contributed by atoms with E-state index in [0.717, 1.165) is 22.2 Å². The van der Waals surface area contributed by atoms with Gasteiger partial charge in [-0.1, -0.05) is 11.6 Å². The maximum absolute atomic E-state index is 11.1. The van der Waals surface area contributed by atoms with Crippen LogP contribution in [-0.4, -0.2) is 20.7 Å². The summed E-state index contributed by atoms with van der Waals surface area (Å²) in [5, 5.41) is 24.1. The monoisotopic (exact) mass is 335 g/mol. The molecule has 1 aromatic carbocycles. The van der Waals surface area contributed by atoms with Gasteiger partial charge in [0.05, 0.1) is 17.0 Å². The molecule has 114 valence electrons. The number of aromatic nitrogens is 1. The molecule has 0 aliphatic carbocycles. The predicted molar refractivity (Wildman–Crippen MR) is 88.1 cm³/mol. The molecular formula is C16H14ClNO3S. The number of rotatable bonds is 4. The van der Waals surface area contributed by atoms with Crippen LogP contribution in [-0.2, 0) is 17.8 Å². The van der Waals surface area contributed by atoms with Gasteiger partial charge in [-0.2, -0.15) is 11.3 Å². The van der Waals surface area contributed by atoms with Crippen molar-refractivity contribution in [2.24, 2.45) is 0 Å². The van der Waals surface area contributed by atoms with E-state index in [9.17, 15) is 9.90 Å². The highest BCUT2D eigenvalue weighted by Crippen LogP contribution is 2.35. The molecular weight excluding hydrogens is 322 g/mol. The topological polar surface area (TPSA) is 62.5 Å². The molecule has 2 aromatic heterocycles. The molecule has 0 fully saturated rings. The van der Waals surface area contributed by atoms with Gasteiger partial charge in [0.1, 0.15) is 5.75 Å². The standard InChI is InChI=1S/C16H14ClNO3S/c1-9-11(5-16(20)21)12-4-15(19)13(17)6-14(12)18(9)7-10-2-3-22-8-10/h2-4,6,8,19H,5,7H2,1H3,(H,20,21). The number of carbonyl (C=O) groups is 1. The summed E-state index contributed by atoms with van der Waals surface area (Å²) in [6, 6.07) is 5.28. The molecule has 6 heteroatoms. The number of hydrogen-bond donors (Lipinski definition) is 2. The summed E-state index contributed by atoms with van der Waals surface area (Å²) < 4.78 is 2.04. The van der Waals surface area contributed by atoms with Gasteiger partial charge in [-0.25, -0.2) is 0 Å². The molecule has 0 bridgehead atoms. The Bertz CT molecular complexity index is 852. The molecule has 0 unspecified atom stereocenters. The Hall–Kier alpha value is -1.98. The van der Waals surface area contributed by atoms with E-state index >= 15 is 0 Å². The number of thiophene rings is 1. The SMILES string of the molecule is Cc1c(CC(=O)O)c2cc(O)c(Cl)cc2n1Cc1ccsc1. The molecule has 0 radical (unpaired) electrons. The average Bonchev–Trinajstić information content (AvgIpc) is 3.04. The number of carboxylic acids is 1. The molecule has 0 aliphatic heterocycles. The summed E-state index contributed by atoms with van der Waals surface area (Å²) in [6.45, 7) is 2.54. The minimum Gasteiger partial charge on any atom is -0.506 e. The maximum atomic E-state index is 11.1. The predicted octanol–water partition coefficient (Wildman–Crippen LogP) is 4.05. The Morgan fingerprint density at radius 3 is 2.82 bits per heavy atom. The minimum absolute atomic E-state index is 0.0338. The van der Waals surface area contributed by atoms with Gasteiger partial charge in [-0.05, 0) is 47.0 Å². The van der Waals surface area contributed by atoms with Gasteiger partial charge in [0.2, 0.25) is 0 Å². The third-order valence-electron chi connectivity index (χ3n) is 3.77. The summed E-state index contributed by atoms with van der Waals surface area (Å²) in [5.74, 6) is -0.930. The molecule has 3 rings (SSSR count). The van der Waals surface area contributed by atoms with Crippen LogP contribution in [0.25, 0.3) is 10.9 Å². The van der Waals surface area contributed by atoms with E-state index in [1.165, 1.54) is 0 Å². The first-order valence-corrected chi connectivity index (χ1v) is 8.02. The van der Waals surface area contributed by atoms with Crippen molar-refractivity contribution in [2.75, 3.05) is 0 Å². The molecule has 0 aliphatic rings. The highest BCUT2D eigenvalue weighted by Gasteiger charge is 2.18. The zero-order valence-electron chi connectivity index (χ0n) is 11.8. The number of aromatic hydroxyl groups is 1. The second-order valence-corrected chi connectivity index (χ2v) is 6.36. The van der Waals surface area contributed by atoms with Crippen LogP contribution in [0, 0.1) is 6.92 Å². The fourth-order valence-corrected chi connectivity index (χ4v) is 3.52. The number of carboxylic acid groups (broad SMARTS) is 1. The molecule has 2 heterocycles. The minimum atomic E-state index is -0.896. The van der Waals surface area contributed by atoms with Gasteiger partial charge < -0.3 is 14.8 Å². The van der Waals surface area contributed by atoms with E-state index < -0.39 is 5.97 Å². The molecule has 3 aromatic rings. The Kier molecular flexibility index (Phi) is 3.85. The first-order valence-electron chi connectivity index (χ1n) is 6.70. The molecule has 22 heavy (non-hydrogen) atoms. The summed E-state index contributed by atoms with van der Waals surface area (Å²) in [4.78, 5) is 11.1. The van der Waals surface area contributed by atoms with Gasteiger partial charge in [0.25, 0.3) is 0 Å². The zero-order chi connectivity index (χ0) is 15.9. The first kappa shape index (κ1) is 14.9. The van der Waals surface area contributed by atoms with Gasteiger partial charge in [0.15, 0.2) is 0 Å². The van der Waals surface area contributed by atoms with Crippen molar-refractivity contribution < 1.29 is 15.0 Å². The van der Waals surface area contributed by atoms with Crippen molar-refractivity contribution in [3.8, 4) is 5.75 Å². The summed E-state index contributed by atoms with van der Waals surface area (Å²) in [6.07, 6.45) is -0.0833. The maximum Gasteiger partial charge on any atom is 0.307 e. The number of benzene rings is 1. The quantitative estimate of drug-likeness (QED) is 0.756. The lowest BCUT2D eigenvalue weighted by Gasteiger charge is -2.08. The van der Waals surface area contributed by atoms with E-state index in [0.29, 0.717) is 12.1 Å². The van der Waals surface area contributed by atoms with Crippen LogP contribution in [0.15, 0.2) is 29.0 Å². The van der Waals surface area contributed by atoms with Crippen LogP contribution in [0.5, 0.6) is 5.75 Å². The second kappa shape index (κ2) is 5.66. The molecule has 2 N–H and O–H groups in total. The van der Waals surface area contributed by atoms with Gasteiger partial charge in [-0.15, -0.1) is 0 Å². The first-order chi connectivity index (χ1) is 10.5. The molecule has 0 atom stereocenters. The highest BCUT2D eigenvalue weighted by molar-refractivity contribution is 7.07. The van der Waals surface area contributed by atoms with Crippen molar-refractivity contribution in [1.82, 2.24) is 4.57 Å². The van der Waals surface area contributed by atoms with E-state index in [1.807, 2.05) is 22.9 Å². The van der Waals surface area contributed by atoms with Crippen LogP contribution < -0.4 is 0 Å². The third-order valence-corrected chi connectivity index (χ3v) is 4.81. The van der Waals surface area contributed by atoms with Crippen LogP contribution in [0.3, 0.4) is 0 Å². The smallest absolute Gasteiger partial charge is 0.307 e. The Balaban J connectivity index is 2.23. The lowest BCUT2D eigenvalue weighted by Crippen LogP contribution is -2.04. The number of aliphatic carboxylic acids is 1. The van der Waals surface area contributed by atoms with Crippen LogP contribution in [0.4, 0.5) is 0 Å². The average molecular weight is 336 g/mol. The van der Waals surface area contributed by atoms with E-state index in [2.05, 4.69) is 5.38 Å². The number of hydrogen-bond acceptors (Lipinski definition) is 3. The largest absolute Gasteiger partial charge is 0.506 e. The second-order valence-electron chi connectivity index (χ2n) is 5.17. The van der Waals surface area contributed by atoms with Crippen LogP contribution in [0.1, 0.15) is 16.8 Å². The zero-order valence-corrected chi connectivity index (χ0v) is 13.4. The molecule has 0 amide bonds. The number of phenolic OH excluding ortho intramolecular Hbond substituents is 1. The number of phenols is 1. The Labute approximate surface area is 136 Å². The van der Waals surface area contributed by atoms with Crippen molar-refractivity contribution in [1.29, 1.82) is 0 Å². The molecule has 0 spiro atoms. The fraction of sp³-hybridized carbons (Fsp3) is 0.188. The number of halogens is 1. The van der Waals surface area contributed by atoms with E-state index in [4.69, 9.17) is 16.7 Å². The van der Waals surface area contributed by atoms with E-state index in [1.54, 1.807) is 23.5 Å². The Morgan fingerprint density at radius 1 is 1.41 bits per heavy atom. The lowest BCUT2D eigenvalue weighted by atomic mass is 10.1. The van der Waals surface area contributed by atoms with Gasteiger partial charge >= 0.3 is 5.97 Å². The molecule has 0 saturated heterocycles. The van der Waals surface area contributed by atoms with Crippen molar-refractivity contribution in [3.05, 3.63) is 50.8 Å². The van der Waals surface area contributed by atoms with Crippen molar-refractivity contribution in [2.45, 2.75) is 19.9 Å². The number of fused-ring (bicyclic) bond motifs is 1. The number of nitrogens with zero attached hydrogens (tertiary/aromatic N) is 1. The normalized spacial score (nSPS) is 11.2. The fourth-order valence-electron chi connectivity index (χ4n) is 2.70. The van der Waals surface area contributed by atoms with Gasteiger partial charge in [0, 0.05) is 17.6 Å². The Morgan fingerprint density at radius 2 is 2.18 bits per heavy atom. The van der Waals surface area contributed by atoms with E-state index in [-0.39, 0.29) is 17.2 Å². The van der Waals surface area contributed by atoms with Gasteiger partial charge in [-0.3, -0.25) is 4.79 Å². The van der Waals surface area contributed by atoms with Crippen molar-refractivity contribution >= 4 is 39.8 Å². The molecule has 0 saturated carbocycles. The van der Waals surface area contributed by atoms with Crippen LogP contribution in [0.2, 0.25) is 5.02 Å². The third kappa shape index (κ3) is 2.58. The molecule has 4 nitrogen and oxygen atoms in total.